The van der Waals surface area contributed by atoms with Crippen LogP contribution in [-0.2, 0) is 19.1 Å². The van der Waals surface area contributed by atoms with Crippen LogP contribution in [0.3, 0.4) is 0 Å². The first kappa shape index (κ1) is 27.7. The first-order chi connectivity index (χ1) is 17.5. The van der Waals surface area contributed by atoms with Crippen LogP contribution in [0.25, 0.3) is 5.57 Å². The van der Waals surface area contributed by atoms with Gasteiger partial charge in [-0.3, -0.25) is 9.69 Å². The zero-order valence-corrected chi connectivity index (χ0v) is 25.1. The quantitative estimate of drug-likeness (QED) is 0.174. The summed E-state index contributed by atoms with van der Waals surface area (Å²) >= 11 is 10.4. The number of fused-ring (bicyclic) bond motifs is 1. The standard InChI is InChI=1S/C26H22INO6S3/c1-26(2)21(35)18(25-36-19(23(30)33-4)20(37-25)24(31)34-5)16-11-10-15(32-3)12-17(16)28(26)22(29)13-6-8-14(27)9-7-13/h6-12H,1-5H3. The molecule has 0 radical (unpaired) electrons. The van der Waals surface area contributed by atoms with Crippen LogP contribution in [0, 0.1) is 3.57 Å². The van der Waals surface area contributed by atoms with Crippen molar-refractivity contribution in [2.45, 2.75) is 19.4 Å². The largest absolute Gasteiger partial charge is 0.497 e. The molecule has 4 rings (SSSR count). The highest BCUT2D eigenvalue weighted by atomic mass is 127. The molecule has 2 aromatic carbocycles. The van der Waals surface area contributed by atoms with Gasteiger partial charge in [0.05, 0.1) is 41.7 Å². The highest BCUT2D eigenvalue weighted by molar-refractivity contribution is 14.1. The van der Waals surface area contributed by atoms with Crippen molar-refractivity contribution >= 4 is 92.3 Å². The van der Waals surface area contributed by atoms with Crippen LogP contribution >= 0.6 is 58.3 Å². The van der Waals surface area contributed by atoms with Crippen molar-refractivity contribution in [3.8, 4) is 5.75 Å². The Bertz CT molecular complexity index is 1370. The third-order valence-electron chi connectivity index (χ3n) is 5.89. The van der Waals surface area contributed by atoms with Crippen LogP contribution in [0.5, 0.6) is 5.75 Å². The molecule has 37 heavy (non-hydrogen) atoms. The minimum atomic E-state index is -0.933. The fourth-order valence-corrected chi connectivity index (χ4v) is 7.40. The molecule has 2 aliphatic rings. The Hall–Kier alpha value is -2.35. The predicted molar refractivity (Wildman–Crippen MR) is 159 cm³/mol. The summed E-state index contributed by atoms with van der Waals surface area (Å²) < 4.78 is 16.9. The van der Waals surface area contributed by atoms with Gasteiger partial charge in [-0.05, 0) is 72.8 Å². The molecule has 0 saturated heterocycles. The first-order valence-electron chi connectivity index (χ1n) is 10.9. The van der Waals surface area contributed by atoms with E-state index in [1.807, 2.05) is 32.0 Å². The topological polar surface area (TPSA) is 82.1 Å². The summed E-state index contributed by atoms with van der Waals surface area (Å²) in [7, 11) is 4.07. The maximum Gasteiger partial charge on any atom is 0.346 e. The zero-order chi connectivity index (χ0) is 27.1. The second kappa shape index (κ2) is 10.8. The molecule has 0 N–H and O–H groups in total. The van der Waals surface area contributed by atoms with Gasteiger partial charge in [-0.1, -0.05) is 35.7 Å². The second-order valence-corrected chi connectivity index (χ2v) is 12.4. The van der Waals surface area contributed by atoms with E-state index in [1.54, 1.807) is 36.3 Å². The van der Waals surface area contributed by atoms with Crippen molar-refractivity contribution in [2.24, 2.45) is 0 Å². The van der Waals surface area contributed by atoms with E-state index in [-0.39, 0.29) is 15.7 Å². The number of methoxy groups -OCH3 is 3. The minimum Gasteiger partial charge on any atom is -0.497 e. The van der Waals surface area contributed by atoms with E-state index < -0.39 is 17.5 Å². The number of benzene rings is 2. The number of hydrogen-bond donors (Lipinski definition) is 0. The number of esters is 2. The normalized spacial score (nSPS) is 16.5. The van der Waals surface area contributed by atoms with Crippen molar-refractivity contribution in [2.75, 3.05) is 26.2 Å². The van der Waals surface area contributed by atoms with Gasteiger partial charge in [0.25, 0.3) is 5.91 Å². The van der Waals surface area contributed by atoms with Gasteiger partial charge in [0.1, 0.15) is 15.6 Å². The number of halogens is 1. The lowest BCUT2D eigenvalue weighted by Gasteiger charge is -2.45. The third-order valence-corrected chi connectivity index (χ3v) is 9.87. The molecule has 2 aliphatic heterocycles. The van der Waals surface area contributed by atoms with Gasteiger partial charge in [-0.15, -0.1) is 0 Å². The maximum atomic E-state index is 13.9. The van der Waals surface area contributed by atoms with E-state index in [4.69, 9.17) is 26.4 Å². The van der Waals surface area contributed by atoms with Gasteiger partial charge in [0.15, 0.2) is 0 Å². The number of ether oxygens (including phenoxy) is 3. The molecule has 0 fully saturated rings. The Kier molecular flexibility index (Phi) is 8.07. The highest BCUT2D eigenvalue weighted by Crippen LogP contribution is 2.56. The molecule has 7 nitrogen and oxygen atoms in total. The van der Waals surface area contributed by atoms with Crippen LogP contribution in [0.15, 0.2) is 56.5 Å². The number of anilines is 1. The zero-order valence-electron chi connectivity index (χ0n) is 20.5. The third kappa shape index (κ3) is 4.93. The molecule has 1 amide bonds. The van der Waals surface area contributed by atoms with Gasteiger partial charge in [-0.25, -0.2) is 9.59 Å². The van der Waals surface area contributed by atoms with Gasteiger partial charge in [-0.2, -0.15) is 0 Å². The molecule has 2 heterocycles. The average Bonchev–Trinajstić information content (AvgIpc) is 3.33. The van der Waals surface area contributed by atoms with Gasteiger partial charge in [0, 0.05) is 26.3 Å². The van der Waals surface area contributed by atoms with E-state index in [2.05, 4.69) is 22.6 Å². The van der Waals surface area contributed by atoms with Crippen molar-refractivity contribution in [3.63, 3.8) is 0 Å². The van der Waals surface area contributed by atoms with Crippen LogP contribution in [0.2, 0.25) is 0 Å². The monoisotopic (exact) mass is 667 g/mol. The van der Waals surface area contributed by atoms with E-state index in [1.165, 1.54) is 14.2 Å². The molecular weight excluding hydrogens is 645 g/mol. The molecule has 0 bridgehead atoms. The predicted octanol–water partition coefficient (Wildman–Crippen LogP) is 5.81. The molecule has 0 saturated carbocycles. The summed E-state index contributed by atoms with van der Waals surface area (Å²) in [5.74, 6) is -0.917. The number of hydrogen-bond acceptors (Lipinski definition) is 9. The Morgan fingerprint density at radius 3 is 2.00 bits per heavy atom. The van der Waals surface area contributed by atoms with Gasteiger partial charge >= 0.3 is 11.9 Å². The molecule has 0 aromatic heterocycles. The lowest BCUT2D eigenvalue weighted by Crippen LogP contribution is -2.56. The number of thiocarbonyl (C=S) groups is 1. The lowest BCUT2D eigenvalue weighted by molar-refractivity contribution is -0.138. The Labute approximate surface area is 242 Å². The van der Waals surface area contributed by atoms with Crippen molar-refractivity contribution < 1.29 is 28.6 Å². The van der Waals surface area contributed by atoms with Crippen molar-refractivity contribution in [1.29, 1.82) is 0 Å². The summed E-state index contributed by atoms with van der Waals surface area (Å²) in [5.41, 5.74) is 1.55. The fourth-order valence-electron chi connectivity index (χ4n) is 4.01. The fraction of sp³-hybridized carbons (Fsp3) is 0.231. The number of carbonyl (C=O) groups excluding carboxylic acids is 3. The van der Waals surface area contributed by atoms with Gasteiger partial charge < -0.3 is 14.2 Å². The Morgan fingerprint density at radius 2 is 1.49 bits per heavy atom. The summed E-state index contributed by atoms with van der Waals surface area (Å²) in [6.07, 6.45) is 0. The minimum absolute atomic E-state index is 0.134. The van der Waals surface area contributed by atoms with Crippen molar-refractivity contribution in [1.82, 2.24) is 0 Å². The smallest absolute Gasteiger partial charge is 0.346 e. The second-order valence-electron chi connectivity index (χ2n) is 8.43. The molecule has 2 aromatic rings. The summed E-state index contributed by atoms with van der Waals surface area (Å²) in [5, 5.41) is 0. The van der Waals surface area contributed by atoms with Crippen LogP contribution < -0.4 is 9.64 Å². The summed E-state index contributed by atoms with van der Waals surface area (Å²) in [6, 6.07) is 12.7. The maximum absolute atomic E-state index is 13.9. The number of rotatable bonds is 4. The van der Waals surface area contributed by atoms with E-state index in [0.717, 1.165) is 27.1 Å². The first-order valence-corrected chi connectivity index (χ1v) is 14.0. The Morgan fingerprint density at radius 1 is 0.919 bits per heavy atom. The molecule has 0 spiro atoms. The van der Waals surface area contributed by atoms with Gasteiger partial charge in [0.2, 0.25) is 0 Å². The summed E-state index contributed by atoms with van der Waals surface area (Å²) in [4.78, 5) is 41.3. The van der Waals surface area contributed by atoms with E-state index in [9.17, 15) is 14.4 Å². The summed E-state index contributed by atoms with van der Waals surface area (Å²) in [6.45, 7) is 3.76. The number of carbonyl (C=O) groups is 3. The van der Waals surface area contributed by atoms with Crippen LogP contribution in [0.4, 0.5) is 5.69 Å². The highest BCUT2D eigenvalue weighted by Gasteiger charge is 2.46. The molecule has 11 heteroatoms. The van der Waals surface area contributed by atoms with E-state index >= 15 is 0 Å². The van der Waals surface area contributed by atoms with Crippen molar-refractivity contribution in [3.05, 3.63) is 71.2 Å². The van der Waals surface area contributed by atoms with E-state index in [0.29, 0.717) is 37.2 Å². The molecule has 0 aliphatic carbocycles. The van der Waals surface area contributed by atoms with Crippen LogP contribution in [-0.4, -0.2) is 49.6 Å². The van der Waals surface area contributed by atoms with Crippen LogP contribution in [0.1, 0.15) is 29.8 Å². The average molecular weight is 668 g/mol. The number of amides is 1. The molecule has 0 unspecified atom stereocenters. The Balaban J connectivity index is 1.93. The number of thioether (sulfide) groups is 2. The molecule has 192 valence electrons. The lowest BCUT2D eigenvalue weighted by atomic mass is 9.82. The molecular formula is C26H22INO6S3. The molecule has 0 atom stereocenters. The SMILES string of the molecule is COC(=O)C1=C(C(=O)OC)SC(=C2C(=S)C(C)(C)N(C(=O)c3ccc(I)cc3)c3cc(OC)ccc32)S1. The number of nitrogens with zero attached hydrogens (tertiary/aromatic N) is 1.